The maximum absolute atomic E-state index is 12.1. The summed E-state index contributed by atoms with van der Waals surface area (Å²) in [6.45, 7) is 4.54. The summed E-state index contributed by atoms with van der Waals surface area (Å²) >= 11 is 0. The van der Waals surface area contributed by atoms with Gasteiger partial charge in [0.25, 0.3) is 0 Å². The van der Waals surface area contributed by atoms with E-state index in [-0.39, 0.29) is 0 Å². The zero-order chi connectivity index (χ0) is 11.9. The van der Waals surface area contributed by atoms with E-state index in [0.29, 0.717) is 18.1 Å². The zero-order valence-electron chi connectivity index (χ0n) is 9.42. The molecule has 1 aromatic rings. The fourth-order valence-electron chi connectivity index (χ4n) is 1.80. The lowest BCUT2D eigenvalue weighted by Crippen LogP contribution is -2.41. The number of fused-ring (bicyclic) bond motifs is 1. The molecule has 2 N–H and O–H groups in total. The van der Waals surface area contributed by atoms with Gasteiger partial charge in [-0.2, -0.15) is 5.10 Å². The van der Waals surface area contributed by atoms with Crippen LogP contribution in [0.15, 0.2) is 6.20 Å². The Kier molecular flexibility index (Phi) is 2.57. The van der Waals surface area contributed by atoms with Gasteiger partial charge in [0.2, 0.25) is 10.0 Å². The van der Waals surface area contributed by atoms with Gasteiger partial charge >= 0.3 is 0 Å². The molecule has 90 valence electrons. The third kappa shape index (κ3) is 1.55. The summed E-state index contributed by atoms with van der Waals surface area (Å²) in [6, 6.07) is 0. The van der Waals surface area contributed by atoms with Gasteiger partial charge in [-0.15, -0.1) is 0 Å². The molecule has 0 fully saturated rings. The molecule has 0 saturated carbocycles. The van der Waals surface area contributed by atoms with Crippen LogP contribution in [-0.2, 0) is 16.6 Å². The van der Waals surface area contributed by atoms with Crippen LogP contribution < -0.4 is 10.0 Å². The third-order valence-electron chi connectivity index (χ3n) is 2.71. The van der Waals surface area contributed by atoms with Crippen molar-refractivity contribution < 1.29 is 8.42 Å². The number of sulfonamides is 1. The van der Waals surface area contributed by atoms with Crippen molar-refractivity contribution in [3.63, 3.8) is 0 Å². The van der Waals surface area contributed by atoms with E-state index in [0.717, 1.165) is 13.0 Å². The molecule has 0 radical (unpaired) electrons. The van der Waals surface area contributed by atoms with E-state index in [1.807, 2.05) is 0 Å². The summed E-state index contributed by atoms with van der Waals surface area (Å²) < 4.78 is 27.3. The summed E-state index contributed by atoms with van der Waals surface area (Å²) in [6.07, 6.45) is 2.27. The van der Waals surface area contributed by atoms with Gasteiger partial charge in [0, 0.05) is 13.1 Å². The molecule has 0 atom stereocenters. The maximum Gasteiger partial charge on any atom is 0.238 e. The Bertz CT molecular complexity index is 492. The highest BCUT2D eigenvalue weighted by molar-refractivity contribution is 7.93. The number of anilines is 2. The second-order valence-electron chi connectivity index (χ2n) is 4.17. The number of aromatic nitrogens is 2. The van der Waals surface area contributed by atoms with Gasteiger partial charge in [0.15, 0.2) is 5.82 Å². The fraction of sp³-hybridized carbons (Fsp3) is 0.667. The Hall–Kier alpha value is -1.24. The summed E-state index contributed by atoms with van der Waals surface area (Å²) in [5.41, 5.74) is 6.18. The lowest BCUT2D eigenvalue weighted by atomic mass is 10.3. The predicted octanol–water partition coefficient (Wildman–Crippen LogP) is 0.414. The number of hydrogen-bond donors (Lipinski definition) is 1. The molecule has 0 aliphatic carbocycles. The largest absolute Gasteiger partial charge is 0.394 e. The van der Waals surface area contributed by atoms with Crippen molar-refractivity contribution in [3.05, 3.63) is 6.20 Å². The van der Waals surface area contributed by atoms with Gasteiger partial charge in [0.05, 0.1) is 17.1 Å². The molecule has 6 nitrogen and oxygen atoms in total. The average Bonchev–Trinajstić information content (AvgIpc) is 2.60. The topological polar surface area (TPSA) is 81.2 Å². The average molecular weight is 244 g/mol. The molecule has 2 rings (SSSR count). The number of nitrogen functional groups attached to an aromatic ring is 1. The Morgan fingerprint density at radius 3 is 2.75 bits per heavy atom. The first-order valence-corrected chi connectivity index (χ1v) is 6.77. The molecule has 16 heavy (non-hydrogen) atoms. The summed E-state index contributed by atoms with van der Waals surface area (Å²) in [7, 11) is -3.31. The number of hydrogen-bond acceptors (Lipinski definition) is 4. The van der Waals surface area contributed by atoms with Gasteiger partial charge in [-0.05, 0) is 20.3 Å². The van der Waals surface area contributed by atoms with Crippen LogP contribution in [-0.4, -0.2) is 30.0 Å². The minimum atomic E-state index is -3.31. The molecule has 1 aliphatic heterocycles. The maximum atomic E-state index is 12.1. The van der Waals surface area contributed by atoms with Crippen LogP contribution in [0.25, 0.3) is 0 Å². The molecule has 0 bridgehead atoms. The minimum Gasteiger partial charge on any atom is -0.394 e. The van der Waals surface area contributed by atoms with Gasteiger partial charge in [-0.25, -0.2) is 13.1 Å². The van der Waals surface area contributed by atoms with Crippen molar-refractivity contribution in [2.75, 3.05) is 16.6 Å². The molecule has 0 aromatic carbocycles. The lowest BCUT2D eigenvalue weighted by Gasteiger charge is -2.30. The van der Waals surface area contributed by atoms with Crippen LogP contribution in [0.1, 0.15) is 20.3 Å². The molecule has 2 heterocycles. The Morgan fingerprint density at radius 2 is 2.12 bits per heavy atom. The Balaban J connectivity index is 2.50. The van der Waals surface area contributed by atoms with Crippen molar-refractivity contribution in [1.82, 2.24) is 9.78 Å². The molecule has 7 heteroatoms. The number of nitrogens with zero attached hydrogens (tertiary/aromatic N) is 3. The van der Waals surface area contributed by atoms with Crippen molar-refractivity contribution >= 4 is 21.5 Å². The number of aryl methyl sites for hydroxylation is 1. The molecule has 0 unspecified atom stereocenters. The highest BCUT2D eigenvalue weighted by atomic mass is 32.2. The molecular weight excluding hydrogens is 228 g/mol. The second-order valence-corrected chi connectivity index (χ2v) is 6.58. The van der Waals surface area contributed by atoms with Crippen LogP contribution in [0.2, 0.25) is 0 Å². The highest BCUT2D eigenvalue weighted by Gasteiger charge is 2.32. The van der Waals surface area contributed by atoms with Crippen LogP contribution >= 0.6 is 0 Å². The first kappa shape index (κ1) is 11.3. The van der Waals surface area contributed by atoms with Gasteiger partial charge in [-0.1, -0.05) is 0 Å². The van der Waals surface area contributed by atoms with E-state index in [1.54, 1.807) is 18.5 Å². The number of rotatable bonds is 2. The lowest BCUT2D eigenvalue weighted by molar-refractivity contribution is 0.529. The smallest absolute Gasteiger partial charge is 0.238 e. The van der Waals surface area contributed by atoms with Gasteiger partial charge in [0.1, 0.15) is 0 Å². The Morgan fingerprint density at radius 1 is 1.44 bits per heavy atom. The minimum absolute atomic E-state index is 0.420. The molecule has 0 spiro atoms. The summed E-state index contributed by atoms with van der Waals surface area (Å²) in [5, 5.41) is 3.61. The zero-order valence-corrected chi connectivity index (χ0v) is 10.2. The van der Waals surface area contributed by atoms with E-state index in [4.69, 9.17) is 5.73 Å². The monoisotopic (exact) mass is 244 g/mol. The molecule has 1 aliphatic rings. The van der Waals surface area contributed by atoms with Crippen LogP contribution in [0.4, 0.5) is 11.5 Å². The summed E-state index contributed by atoms with van der Waals surface area (Å²) in [4.78, 5) is 0. The van der Waals surface area contributed by atoms with E-state index in [9.17, 15) is 8.42 Å². The first-order chi connectivity index (χ1) is 7.44. The van der Waals surface area contributed by atoms with Crippen LogP contribution in [0.5, 0.6) is 0 Å². The fourth-order valence-corrected chi connectivity index (χ4v) is 3.14. The second kappa shape index (κ2) is 3.65. The normalized spacial score (nSPS) is 16.6. The molecule has 0 amide bonds. The Labute approximate surface area is 95.1 Å². The van der Waals surface area contributed by atoms with Crippen LogP contribution in [0, 0.1) is 0 Å². The van der Waals surface area contributed by atoms with Gasteiger partial charge in [-0.3, -0.25) is 4.31 Å². The van der Waals surface area contributed by atoms with Crippen molar-refractivity contribution in [3.8, 4) is 0 Å². The van der Waals surface area contributed by atoms with Gasteiger partial charge < -0.3 is 5.73 Å². The van der Waals surface area contributed by atoms with E-state index < -0.39 is 15.3 Å². The third-order valence-corrected chi connectivity index (χ3v) is 4.87. The van der Waals surface area contributed by atoms with Crippen molar-refractivity contribution in [2.45, 2.75) is 32.1 Å². The highest BCUT2D eigenvalue weighted by Crippen LogP contribution is 2.30. The predicted molar refractivity (Wildman–Crippen MR) is 62.7 cm³/mol. The first-order valence-electron chi connectivity index (χ1n) is 5.27. The van der Waals surface area contributed by atoms with Crippen molar-refractivity contribution in [1.29, 1.82) is 0 Å². The summed E-state index contributed by atoms with van der Waals surface area (Å²) in [5.74, 6) is 0.514. The SMILES string of the molecule is CC(C)S(=O)(=O)N1CCCn2ncc(N)c21. The molecule has 1 aromatic heterocycles. The number of nitrogens with two attached hydrogens (primary N) is 1. The van der Waals surface area contributed by atoms with Crippen molar-refractivity contribution in [2.24, 2.45) is 0 Å². The molecule has 0 saturated heterocycles. The quantitative estimate of drug-likeness (QED) is 0.817. The van der Waals surface area contributed by atoms with E-state index in [2.05, 4.69) is 5.10 Å². The standard InChI is InChI=1S/C9H16N4O2S/c1-7(2)16(14,15)13-5-3-4-12-9(13)8(10)6-11-12/h6-7H,3-5,10H2,1-2H3. The molecular formula is C9H16N4O2S. The van der Waals surface area contributed by atoms with Crippen LogP contribution in [0.3, 0.4) is 0 Å². The van der Waals surface area contributed by atoms with E-state index in [1.165, 1.54) is 10.5 Å². The van der Waals surface area contributed by atoms with E-state index >= 15 is 0 Å².